The van der Waals surface area contributed by atoms with E-state index in [9.17, 15) is 14.7 Å². The maximum absolute atomic E-state index is 12.7. The van der Waals surface area contributed by atoms with Gasteiger partial charge in [-0.1, -0.05) is 53.7 Å². The van der Waals surface area contributed by atoms with Crippen LogP contribution in [0.1, 0.15) is 91.1 Å². The van der Waals surface area contributed by atoms with Crippen molar-refractivity contribution in [2.45, 2.75) is 105 Å². The van der Waals surface area contributed by atoms with Crippen LogP contribution in [0.25, 0.3) is 0 Å². The van der Waals surface area contributed by atoms with E-state index in [4.69, 9.17) is 28.4 Å². The van der Waals surface area contributed by atoms with Crippen molar-refractivity contribution in [3.63, 3.8) is 0 Å². The van der Waals surface area contributed by atoms with Gasteiger partial charge in [0.25, 0.3) is 0 Å². The Hall–Kier alpha value is -2.92. The summed E-state index contributed by atoms with van der Waals surface area (Å²) in [5.41, 5.74) is 2.16. The van der Waals surface area contributed by atoms with Gasteiger partial charge in [0.15, 0.2) is 5.75 Å². The summed E-state index contributed by atoms with van der Waals surface area (Å²) in [6.07, 6.45) is 2.64. The standard InChI is InChI=1S/C36H57NO9/c1-26-31(39)30(38)13-14-37(26)15-17-42-19-21-44-23-22-43-20-18-41-16-11-12-27-24-28(34(2,3)4)32(29(25-27)35(5,6)7)45-33(40)46-36(8,9)10/h13-14,24-25,39H,11-12,15-23H2,1-10H3. The molecule has 0 bridgehead atoms. The summed E-state index contributed by atoms with van der Waals surface area (Å²) < 4.78 is 35.6. The first-order valence-corrected chi connectivity index (χ1v) is 16.2. The van der Waals surface area contributed by atoms with Crippen molar-refractivity contribution >= 4 is 6.16 Å². The van der Waals surface area contributed by atoms with Crippen LogP contribution in [0.4, 0.5) is 4.79 Å². The number of aromatic nitrogens is 1. The minimum absolute atomic E-state index is 0.225. The lowest BCUT2D eigenvalue weighted by molar-refractivity contribution is -0.00276. The fourth-order valence-corrected chi connectivity index (χ4v) is 4.62. The zero-order valence-electron chi connectivity index (χ0n) is 29.7. The zero-order valence-corrected chi connectivity index (χ0v) is 29.7. The van der Waals surface area contributed by atoms with Crippen LogP contribution in [0.2, 0.25) is 0 Å². The fourth-order valence-electron chi connectivity index (χ4n) is 4.62. The highest BCUT2D eigenvalue weighted by Gasteiger charge is 2.30. The number of hydrogen-bond acceptors (Lipinski definition) is 9. The second-order valence-corrected chi connectivity index (χ2v) is 14.4. The van der Waals surface area contributed by atoms with Gasteiger partial charge in [0.1, 0.15) is 11.4 Å². The van der Waals surface area contributed by atoms with Gasteiger partial charge in [0.05, 0.1) is 51.9 Å². The van der Waals surface area contributed by atoms with Crippen LogP contribution in [0.5, 0.6) is 11.5 Å². The predicted octanol–water partition coefficient (Wildman–Crippen LogP) is 6.47. The maximum Gasteiger partial charge on any atom is 0.514 e. The van der Waals surface area contributed by atoms with Crippen molar-refractivity contribution in [2.75, 3.05) is 52.9 Å². The molecule has 1 heterocycles. The predicted molar refractivity (Wildman–Crippen MR) is 179 cm³/mol. The topological polar surface area (TPSA) is 115 Å². The van der Waals surface area contributed by atoms with Gasteiger partial charge in [-0.05, 0) is 56.9 Å². The Bertz CT molecular complexity index is 1260. The highest BCUT2D eigenvalue weighted by atomic mass is 16.7. The fraction of sp³-hybridized carbons (Fsp3) is 0.667. The smallest absolute Gasteiger partial charge is 0.503 e. The normalized spacial score (nSPS) is 12.4. The molecule has 2 aromatic rings. The van der Waals surface area contributed by atoms with Gasteiger partial charge in [0.2, 0.25) is 5.43 Å². The molecule has 0 aliphatic carbocycles. The first kappa shape index (κ1) is 39.3. The lowest BCUT2D eigenvalue weighted by Gasteiger charge is -2.30. The summed E-state index contributed by atoms with van der Waals surface area (Å²) in [6, 6.07) is 5.62. The summed E-state index contributed by atoms with van der Waals surface area (Å²) in [6.45, 7) is 24.3. The molecule has 0 atom stereocenters. The summed E-state index contributed by atoms with van der Waals surface area (Å²) in [5, 5.41) is 9.73. The first-order valence-electron chi connectivity index (χ1n) is 16.2. The molecule has 0 amide bonds. The van der Waals surface area contributed by atoms with E-state index in [0.717, 1.165) is 24.0 Å². The third-order valence-corrected chi connectivity index (χ3v) is 7.10. The van der Waals surface area contributed by atoms with Crippen LogP contribution in [0.15, 0.2) is 29.2 Å². The summed E-state index contributed by atoms with van der Waals surface area (Å²) in [7, 11) is 0. The van der Waals surface area contributed by atoms with Gasteiger partial charge in [-0.2, -0.15) is 0 Å². The highest BCUT2D eigenvalue weighted by Crippen LogP contribution is 2.41. The summed E-state index contributed by atoms with van der Waals surface area (Å²) in [4.78, 5) is 24.1. The third-order valence-electron chi connectivity index (χ3n) is 7.10. The van der Waals surface area contributed by atoms with Gasteiger partial charge in [0, 0.05) is 36.5 Å². The largest absolute Gasteiger partial charge is 0.514 e. The zero-order chi connectivity index (χ0) is 34.5. The van der Waals surface area contributed by atoms with E-state index in [1.807, 2.05) is 20.8 Å². The molecule has 1 N–H and O–H groups in total. The Labute approximate surface area is 275 Å². The molecule has 260 valence electrons. The van der Waals surface area contributed by atoms with Crippen LogP contribution in [-0.4, -0.2) is 74.3 Å². The number of ether oxygens (including phenoxy) is 6. The van der Waals surface area contributed by atoms with Crippen molar-refractivity contribution in [3.8, 4) is 11.5 Å². The Kier molecular flexibility index (Phi) is 15.2. The highest BCUT2D eigenvalue weighted by molar-refractivity contribution is 5.67. The second-order valence-electron chi connectivity index (χ2n) is 14.4. The molecule has 10 heteroatoms. The van der Waals surface area contributed by atoms with Crippen molar-refractivity contribution < 1.29 is 38.3 Å². The number of nitrogens with zero attached hydrogens (tertiary/aromatic N) is 1. The van der Waals surface area contributed by atoms with E-state index in [1.54, 1.807) is 17.7 Å². The number of aromatic hydroxyl groups is 1. The first-order chi connectivity index (χ1) is 21.4. The number of hydrogen-bond donors (Lipinski definition) is 1. The SMILES string of the molecule is Cc1c(O)c(=O)ccn1CCOCCOCCOCCOCCCc1cc(C(C)(C)C)c(OC(=O)OC(C)(C)C)c(C(C)(C)C)c1. The second kappa shape index (κ2) is 17.8. The molecule has 0 unspecified atom stereocenters. The van der Waals surface area contributed by atoms with Gasteiger partial charge in [-0.25, -0.2) is 4.79 Å². The Morgan fingerprint density at radius 1 is 0.761 bits per heavy atom. The van der Waals surface area contributed by atoms with Gasteiger partial charge < -0.3 is 38.1 Å². The molecule has 0 saturated heterocycles. The molecular formula is C36H57NO9. The quantitative estimate of drug-likeness (QED) is 0.117. The summed E-state index contributed by atoms with van der Waals surface area (Å²) in [5.74, 6) is 0.361. The Morgan fingerprint density at radius 2 is 1.24 bits per heavy atom. The Balaban J connectivity index is 1.68. The molecule has 0 saturated carbocycles. The van der Waals surface area contributed by atoms with E-state index in [2.05, 4.69) is 53.7 Å². The molecule has 2 rings (SSSR count). The monoisotopic (exact) mass is 647 g/mol. The van der Waals surface area contributed by atoms with Crippen LogP contribution < -0.4 is 10.2 Å². The molecule has 10 nitrogen and oxygen atoms in total. The molecule has 0 fully saturated rings. The van der Waals surface area contributed by atoms with Gasteiger partial charge in [-0.15, -0.1) is 0 Å². The molecule has 0 spiro atoms. The molecular weight excluding hydrogens is 590 g/mol. The van der Waals surface area contributed by atoms with E-state index in [-0.39, 0.29) is 22.0 Å². The number of aryl methyl sites for hydroxylation is 1. The van der Waals surface area contributed by atoms with Gasteiger partial charge in [-0.3, -0.25) is 4.79 Å². The molecule has 0 radical (unpaired) electrons. The van der Waals surface area contributed by atoms with Crippen molar-refractivity contribution in [1.82, 2.24) is 4.57 Å². The van der Waals surface area contributed by atoms with Crippen molar-refractivity contribution in [1.29, 1.82) is 0 Å². The average Bonchev–Trinajstić information content (AvgIpc) is 2.93. The molecule has 1 aromatic heterocycles. The average molecular weight is 648 g/mol. The lowest BCUT2D eigenvalue weighted by Crippen LogP contribution is -2.28. The minimum Gasteiger partial charge on any atom is -0.503 e. The number of benzene rings is 1. The molecule has 1 aromatic carbocycles. The van der Waals surface area contributed by atoms with E-state index < -0.39 is 11.8 Å². The van der Waals surface area contributed by atoms with E-state index in [0.29, 0.717) is 70.8 Å². The van der Waals surface area contributed by atoms with Crippen LogP contribution >= 0.6 is 0 Å². The maximum atomic E-state index is 12.7. The van der Waals surface area contributed by atoms with E-state index in [1.165, 1.54) is 11.6 Å². The van der Waals surface area contributed by atoms with Crippen LogP contribution in [0.3, 0.4) is 0 Å². The number of rotatable bonds is 17. The third kappa shape index (κ3) is 13.8. The van der Waals surface area contributed by atoms with Gasteiger partial charge >= 0.3 is 6.16 Å². The Morgan fingerprint density at radius 3 is 1.72 bits per heavy atom. The molecule has 0 aliphatic rings. The summed E-state index contributed by atoms with van der Waals surface area (Å²) >= 11 is 0. The van der Waals surface area contributed by atoms with Crippen LogP contribution in [-0.2, 0) is 47.5 Å². The minimum atomic E-state index is -0.693. The molecule has 0 aliphatic heterocycles. The molecule has 46 heavy (non-hydrogen) atoms. The number of carbonyl (C=O) groups is 1. The number of pyridine rings is 1. The van der Waals surface area contributed by atoms with E-state index >= 15 is 0 Å². The van der Waals surface area contributed by atoms with Crippen LogP contribution in [0, 0.1) is 6.92 Å². The number of carbonyl (C=O) groups excluding carboxylic acids is 1. The van der Waals surface area contributed by atoms with Crippen molar-refractivity contribution in [3.05, 3.63) is 57.0 Å². The lowest BCUT2D eigenvalue weighted by atomic mass is 9.78. The van der Waals surface area contributed by atoms with Crippen molar-refractivity contribution in [2.24, 2.45) is 0 Å².